The Morgan fingerprint density at radius 3 is 1.61 bits per heavy atom. The molecule has 0 heterocycles. The van der Waals surface area contributed by atoms with Crippen LogP contribution in [0.3, 0.4) is 0 Å². The first-order valence-electron chi connectivity index (χ1n) is 10.9. The van der Waals surface area contributed by atoms with E-state index >= 15 is 0 Å². The van der Waals surface area contributed by atoms with Crippen molar-refractivity contribution in [1.82, 2.24) is 0 Å². The molecule has 0 aliphatic rings. The maximum absolute atomic E-state index is 6.22. The molecule has 0 radical (unpaired) electrons. The molecule has 0 aliphatic carbocycles. The smallest absolute Gasteiger partial charge is 0.146 e. The first-order chi connectivity index (χ1) is 14.6. The Morgan fingerprint density at radius 1 is 0.645 bits per heavy atom. The molecule has 0 saturated carbocycles. The average Bonchev–Trinajstić information content (AvgIpc) is 2.72. The predicted octanol–water partition coefficient (Wildman–Crippen LogP) is 7.78. The van der Waals surface area contributed by atoms with Crippen LogP contribution in [0.1, 0.15) is 58.2 Å². The summed E-state index contributed by atoms with van der Waals surface area (Å²) in [6.45, 7) is 13.6. The zero-order valence-electron chi connectivity index (χ0n) is 19.6. The highest BCUT2D eigenvalue weighted by atomic mass is 16.5. The minimum Gasteiger partial charge on any atom is -0.486 e. The molecule has 31 heavy (non-hydrogen) atoms. The van der Waals surface area contributed by atoms with E-state index < -0.39 is 0 Å². The normalized spacial score (nSPS) is 12.5. The van der Waals surface area contributed by atoms with Crippen molar-refractivity contribution in [3.05, 3.63) is 101 Å². The van der Waals surface area contributed by atoms with Crippen molar-refractivity contribution in [3.63, 3.8) is 0 Å². The van der Waals surface area contributed by atoms with E-state index in [1.165, 1.54) is 11.1 Å². The summed E-state index contributed by atoms with van der Waals surface area (Å²) >= 11 is 0. The second-order valence-corrected chi connectivity index (χ2v) is 9.96. The summed E-state index contributed by atoms with van der Waals surface area (Å²) in [5, 5.41) is 0. The molecule has 0 atom stereocenters. The quantitative estimate of drug-likeness (QED) is 0.383. The van der Waals surface area contributed by atoms with Crippen LogP contribution in [-0.4, -0.2) is 6.61 Å². The lowest BCUT2D eigenvalue weighted by atomic mass is 9.87. The van der Waals surface area contributed by atoms with Crippen molar-refractivity contribution in [3.8, 4) is 11.5 Å². The Balaban J connectivity index is 1.76. The van der Waals surface area contributed by atoms with E-state index in [1.54, 1.807) is 0 Å². The number of rotatable bonds is 6. The molecular weight excluding hydrogens is 380 g/mol. The SMILES string of the molecule is CC(C)(C)c1ccc(OC/C(=C\c2ccccc2)Oc2ccc(C(C)(C)C)cc2)cc1. The van der Waals surface area contributed by atoms with Crippen LogP contribution in [0.15, 0.2) is 84.6 Å². The molecule has 0 saturated heterocycles. The van der Waals surface area contributed by atoms with E-state index in [1.807, 2.05) is 48.5 Å². The Bertz CT molecular complexity index is 984. The van der Waals surface area contributed by atoms with Crippen LogP contribution >= 0.6 is 0 Å². The summed E-state index contributed by atoms with van der Waals surface area (Å²) in [6, 6.07) is 26.8. The molecule has 0 bridgehead atoms. The molecule has 0 aromatic heterocycles. The van der Waals surface area contributed by atoms with Crippen LogP contribution in [0, 0.1) is 0 Å². The molecular formula is C29H34O2. The number of hydrogen-bond acceptors (Lipinski definition) is 2. The third kappa shape index (κ3) is 6.75. The number of hydrogen-bond donors (Lipinski definition) is 0. The fourth-order valence-corrected chi connectivity index (χ4v) is 3.22. The van der Waals surface area contributed by atoms with Gasteiger partial charge in [0.05, 0.1) is 0 Å². The Hall–Kier alpha value is -3.00. The van der Waals surface area contributed by atoms with Gasteiger partial charge < -0.3 is 9.47 Å². The molecule has 2 nitrogen and oxygen atoms in total. The maximum Gasteiger partial charge on any atom is 0.146 e. The molecule has 0 aliphatic heterocycles. The summed E-state index contributed by atoms with van der Waals surface area (Å²) in [5.74, 6) is 2.40. The van der Waals surface area contributed by atoms with Gasteiger partial charge in [0.2, 0.25) is 0 Å². The van der Waals surface area contributed by atoms with Crippen LogP contribution in [-0.2, 0) is 10.8 Å². The van der Waals surface area contributed by atoms with Crippen molar-refractivity contribution < 1.29 is 9.47 Å². The van der Waals surface area contributed by atoms with Gasteiger partial charge in [-0.1, -0.05) is 96.1 Å². The van der Waals surface area contributed by atoms with Crippen LogP contribution < -0.4 is 9.47 Å². The van der Waals surface area contributed by atoms with E-state index in [9.17, 15) is 0 Å². The highest BCUT2D eigenvalue weighted by molar-refractivity contribution is 5.52. The standard InChI is InChI=1S/C29H34O2/c1-28(2,3)23-12-16-25(17-13-23)30-21-27(20-22-10-8-7-9-11-22)31-26-18-14-24(15-19-26)29(4,5)6/h7-20H,21H2,1-6H3/b27-20+. The molecule has 0 amide bonds. The summed E-state index contributed by atoms with van der Waals surface area (Å²) in [7, 11) is 0. The van der Waals surface area contributed by atoms with Crippen LogP contribution in [0.25, 0.3) is 6.08 Å². The summed E-state index contributed by atoms with van der Waals surface area (Å²) in [6.07, 6.45) is 2.03. The first-order valence-corrected chi connectivity index (χ1v) is 10.9. The summed E-state index contributed by atoms with van der Waals surface area (Å²) in [4.78, 5) is 0. The van der Waals surface area contributed by atoms with E-state index in [0.29, 0.717) is 6.61 Å². The number of benzene rings is 3. The number of ether oxygens (including phenoxy) is 2. The zero-order chi connectivity index (χ0) is 22.5. The molecule has 3 aromatic rings. The van der Waals surface area contributed by atoms with Crippen molar-refractivity contribution in [2.75, 3.05) is 6.61 Å². The van der Waals surface area contributed by atoms with Crippen LogP contribution in [0.4, 0.5) is 0 Å². The van der Waals surface area contributed by atoms with Gasteiger partial charge in [-0.2, -0.15) is 0 Å². The highest BCUT2D eigenvalue weighted by Crippen LogP contribution is 2.27. The van der Waals surface area contributed by atoms with Gasteiger partial charge in [0.25, 0.3) is 0 Å². The fourth-order valence-electron chi connectivity index (χ4n) is 3.22. The van der Waals surface area contributed by atoms with Gasteiger partial charge in [0, 0.05) is 0 Å². The van der Waals surface area contributed by atoms with Gasteiger partial charge in [-0.25, -0.2) is 0 Å². The van der Waals surface area contributed by atoms with E-state index in [-0.39, 0.29) is 10.8 Å². The molecule has 162 valence electrons. The molecule has 3 rings (SSSR count). The van der Waals surface area contributed by atoms with Crippen molar-refractivity contribution in [2.45, 2.75) is 52.4 Å². The lowest BCUT2D eigenvalue weighted by Gasteiger charge is -2.20. The van der Waals surface area contributed by atoms with Gasteiger partial charge in [0.1, 0.15) is 23.9 Å². The highest BCUT2D eigenvalue weighted by Gasteiger charge is 2.14. The molecule has 3 aromatic carbocycles. The average molecular weight is 415 g/mol. The zero-order valence-corrected chi connectivity index (χ0v) is 19.6. The predicted molar refractivity (Wildman–Crippen MR) is 131 cm³/mol. The second kappa shape index (κ2) is 9.43. The van der Waals surface area contributed by atoms with Gasteiger partial charge in [0.15, 0.2) is 0 Å². The van der Waals surface area contributed by atoms with Gasteiger partial charge in [-0.15, -0.1) is 0 Å². The Morgan fingerprint density at radius 2 is 1.13 bits per heavy atom. The fraction of sp³-hybridized carbons (Fsp3) is 0.310. The van der Waals surface area contributed by atoms with Crippen LogP contribution in [0.5, 0.6) is 11.5 Å². The van der Waals surface area contributed by atoms with Crippen molar-refractivity contribution in [2.24, 2.45) is 0 Å². The van der Waals surface area contributed by atoms with Crippen LogP contribution in [0.2, 0.25) is 0 Å². The third-order valence-electron chi connectivity index (χ3n) is 5.20. The lowest BCUT2D eigenvalue weighted by Crippen LogP contribution is -2.12. The molecule has 2 heteroatoms. The van der Waals surface area contributed by atoms with Crippen molar-refractivity contribution >= 4 is 6.08 Å². The Labute approximate surface area is 187 Å². The van der Waals surface area contributed by atoms with Crippen molar-refractivity contribution in [1.29, 1.82) is 0 Å². The molecule has 0 fully saturated rings. The lowest BCUT2D eigenvalue weighted by molar-refractivity contribution is 0.283. The second-order valence-electron chi connectivity index (χ2n) is 9.96. The van der Waals surface area contributed by atoms with Gasteiger partial charge >= 0.3 is 0 Å². The van der Waals surface area contributed by atoms with E-state index in [2.05, 4.69) is 77.9 Å². The molecule has 0 unspecified atom stereocenters. The van der Waals surface area contributed by atoms with E-state index in [0.717, 1.165) is 22.8 Å². The Kier molecular flexibility index (Phi) is 6.90. The molecule has 0 N–H and O–H groups in total. The topological polar surface area (TPSA) is 18.5 Å². The minimum absolute atomic E-state index is 0.115. The molecule has 0 spiro atoms. The third-order valence-corrected chi connectivity index (χ3v) is 5.20. The van der Waals surface area contributed by atoms with Gasteiger partial charge in [-0.05, 0) is 57.9 Å². The first kappa shape index (κ1) is 22.7. The van der Waals surface area contributed by atoms with Gasteiger partial charge in [-0.3, -0.25) is 0 Å². The summed E-state index contributed by atoms with van der Waals surface area (Å²) in [5.41, 5.74) is 3.89. The maximum atomic E-state index is 6.22. The largest absolute Gasteiger partial charge is 0.486 e. The minimum atomic E-state index is 0.115. The summed E-state index contributed by atoms with van der Waals surface area (Å²) < 4.78 is 12.3. The van der Waals surface area contributed by atoms with E-state index in [4.69, 9.17) is 9.47 Å². The monoisotopic (exact) mass is 414 g/mol.